The summed E-state index contributed by atoms with van der Waals surface area (Å²) in [5, 5.41) is 24.5. The van der Waals surface area contributed by atoms with Crippen molar-refractivity contribution in [2.75, 3.05) is 0 Å². The predicted octanol–water partition coefficient (Wildman–Crippen LogP) is -0.971. The summed E-state index contributed by atoms with van der Waals surface area (Å²) in [6.45, 7) is 0. The van der Waals surface area contributed by atoms with Crippen molar-refractivity contribution in [2.24, 2.45) is 0 Å². The van der Waals surface area contributed by atoms with Gasteiger partial charge >= 0.3 is 6.03 Å². The molecule has 0 spiro atoms. The normalized spacial score (nSPS) is 35.4. The van der Waals surface area contributed by atoms with Crippen molar-refractivity contribution in [3.05, 3.63) is 35.4 Å². The summed E-state index contributed by atoms with van der Waals surface area (Å²) in [6, 6.07) is 5.41. The SMILES string of the molecule is O=C1N[C@@]2(O)c3ccccc3C(=O)[C@@]2(O)N1. The van der Waals surface area contributed by atoms with Crippen LogP contribution in [0.2, 0.25) is 0 Å². The van der Waals surface area contributed by atoms with Crippen LogP contribution in [0.1, 0.15) is 15.9 Å². The summed E-state index contributed by atoms with van der Waals surface area (Å²) >= 11 is 0. The van der Waals surface area contributed by atoms with Gasteiger partial charge in [0.05, 0.1) is 0 Å². The number of urea groups is 1. The van der Waals surface area contributed by atoms with Crippen LogP contribution in [0, 0.1) is 0 Å². The standard InChI is InChI=1S/C10H8N2O4/c13-7-5-3-1-2-4-6(5)9(15)10(7,16)12-8(14)11-9/h1-4,15-16H,(H2,11,12,14)/t9-,10+/m1/s1. The van der Waals surface area contributed by atoms with Crippen LogP contribution >= 0.6 is 0 Å². The molecule has 0 aromatic heterocycles. The third kappa shape index (κ3) is 0.763. The molecule has 1 saturated heterocycles. The van der Waals surface area contributed by atoms with Gasteiger partial charge in [0, 0.05) is 11.1 Å². The smallest absolute Gasteiger partial charge is 0.320 e. The molecule has 1 aliphatic carbocycles. The Hall–Kier alpha value is -1.92. The van der Waals surface area contributed by atoms with Gasteiger partial charge in [0.1, 0.15) is 0 Å². The third-order valence-corrected chi connectivity index (χ3v) is 3.00. The van der Waals surface area contributed by atoms with E-state index in [-0.39, 0.29) is 11.1 Å². The van der Waals surface area contributed by atoms with Crippen molar-refractivity contribution in [1.29, 1.82) is 0 Å². The van der Waals surface area contributed by atoms with E-state index in [9.17, 15) is 19.8 Å². The molecule has 0 bridgehead atoms. The Morgan fingerprint density at radius 1 is 1.00 bits per heavy atom. The molecule has 1 heterocycles. The Morgan fingerprint density at radius 2 is 1.62 bits per heavy atom. The summed E-state index contributed by atoms with van der Waals surface area (Å²) < 4.78 is 0. The van der Waals surface area contributed by atoms with Crippen LogP contribution in [0.4, 0.5) is 4.79 Å². The Balaban J connectivity index is 2.32. The fraction of sp³-hybridized carbons (Fsp3) is 0.200. The Kier molecular flexibility index (Phi) is 1.41. The highest BCUT2D eigenvalue weighted by Gasteiger charge is 2.68. The molecule has 82 valence electrons. The van der Waals surface area contributed by atoms with E-state index in [0.29, 0.717) is 0 Å². The number of hydrogen-bond acceptors (Lipinski definition) is 4. The first-order chi connectivity index (χ1) is 7.49. The van der Waals surface area contributed by atoms with Crippen LogP contribution in [0.5, 0.6) is 0 Å². The number of hydrogen-bond donors (Lipinski definition) is 4. The summed E-state index contributed by atoms with van der Waals surface area (Å²) in [4.78, 5) is 23.0. The fourth-order valence-corrected chi connectivity index (χ4v) is 2.22. The molecule has 2 atom stereocenters. The number of amides is 2. The molecule has 1 aromatic carbocycles. The number of carbonyl (C=O) groups excluding carboxylic acids is 2. The first-order valence-electron chi connectivity index (χ1n) is 4.68. The molecule has 16 heavy (non-hydrogen) atoms. The molecule has 0 saturated carbocycles. The molecule has 6 heteroatoms. The lowest BCUT2D eigenvalue weighted by molar-refractivity contribution is -0.122. The highest BCUT2D eigenvalue weighted by atomic mass is 16.4. The molecular weight excluding hydrogens is 212 g/mol. The van der Waals surface area contributed by atoms with Crippen LogP contribution in [0.3, 0.4) is 0 Å². The van der Waals surface area contributed by atoms with Gasteiger partial charge in [-0.15, -0.1) is 0 Å². The van der Waals surface area contributed by atoms with E-state index < -0.39 is 23.3 Å². The van der Waals surface area contributed by atoms with E-state index >= 15 is 0 Å². The topological polar surface area (TPSA) is 98.7 Å². The van der Waals surface area contributed by atoms with Gasteiger partial charge in [0.2, 0.25) is 11.5 Å². The van der Waals surface area contributed by atoms with Crippen molar-refractivity contribution in [1.82, 2.24) is 10.6 Å². The van der Waals surface area contributed by atoms with Crippen LogP contribution in [-0.2, 0) is 5.72 Å². The van der Waals surface area contributed by atoms with Gasteiger partial charge < -0.3 is 15.5 Å². The van der Waals surface area contributed by atoms with Crippen molar-refractivity contribution in [3.63, 3.8) is 0 Å². The van der Waals surface area contributed by atoms with Crippen LogP contribution in [0.25, 0.3) is 0 Å². The zero-order chi connectivity index (χ0) is 11.6. The van der Waals surface area contributed by atoms with Crippen molar-refractivity contribution in [2.45, 2.75) is 11.4 Å². The summed E-state index contributed by atoms with van der Waals surface area (Å²) in [5.74, 6) is -0.719. The summed E-state index contributed by atoms with van der Waals surface area (Å²) in [7, 11) is 0. The molecule has 6 nitrogen and oxygen atoms in total. The number of nitrogens with one attached hydrogen (secondary N) is 2. The lowest BCUT2D eigenvalue weighted by Gasteiger charge is -2.27. The monoisotopic (exact) mass is 220 g/mol. The number of aliphatic hydroxyl groups is 2. The molecule has 2 aliphatic rings. The quantitative estimate of drug-likeness (QED) is 0.452. The number of fused-ring (bicyclic) bond motifs is 3. The molecule has 1 aliphatic heterocycles. The molecule has 1 aromatic rings. The first-order valence-corrected chi connectivity index (χ1v) is 4.68. The largest absolute Gasteiger partial charge is 0.363 e. The number of carbonyl (C=O) groups is 2. The van der Waals surface area contributed by atoms with E-state index in [1.807, 2.05) is 5.32 Å². The average molecular weight is 220 g/mol. The predicted molar refractivity (Wildman–Crippen MR) is 51.3 cm³/mol. The van der Waals surface area contributed by atoms with Gasteiger partial charge in [0.15, 0.2) is 0 Å². The van der Waals surface area contributed by atoms with Gasteiger partial charge in [-0.3, -0.25) is 10.1 Å². The van der Waals surface area contributed by atoms with Gasteiger partial charge in [0.25, 0.3) is 5.72 Å². The van der Waals surface area contributed by atoms with E-state index in [1.54, 1.807) is 12.1 Å². The van der Waals surface area contributed by atoms with Crippen LogP contribution < -0.4 is 10.6 Å². The molecule has 2 amide bonds. The Bertz CT molecular complexity index is 529. The summed E-state index contributed by atoms with van der Waals surface area (Å²) in [5.41, 5.74) is -4.01. The van der Waals surface area contributed by atoms with Crippen LogP contribution in [0.15, 0.2) is 24.3 Å². The number of benzene rings is 1. The van der Waals surface area contributed by atoms with Gasteiger partial charge in [-0.25, -0.2) is 4.79 Å². The third-order valence-electron chi connectivity index (χ3n) is 3.00. The molecule has 1 fully saturated rings. The maximum Gasteiger partial charge on any atom is 0.320 e. The Morgan fingerprint density at radius 3 is 2.38 bits per heavy atom. The van der Waals surface area contributed by atoms with Crippen molar-refractivity contribution >= 4 is 11.8 Å². The highest BCUT2D eigenvalue weighted by Crippen LogP contribution is 2.43. The second-order valence-electron chi connectivity index (χ2n) is 3.87. The highest BCUT2D eigenvalue weighted by molar-refractivity contribution is 6.11. The van der Waals surface area contributed by atoms with E-state index in [0.717, 1.165) is 0 Å². The molecule has 0 unspecified atom stereocenters. The zero-order valence-corrected chi connectivity index (χ0v) is 8.02. The molecule has 0 radical (unpaired) electrons. The maximum atomic E-state index is 11.9. The Labute approximate surface area is 89.9 Å². The first kappa shape index (κ1) is 9.32. The zero-order valence-electron chi connectivity index (χ0n) is 8.02. The van der Waals surface area contributed by atoms with Crippen molar-refractivity contribution < 1.29 is 19.8 Å². The fourth-order valence-electron chi connectivity index (χ4n) is 2.22. The lowest BCUT2D eigenvalue weighted by atomic mass is 10.0. The summed E-state index contributed by atoms with van der Waals surface area (Å²) in [6.07, 6.45) is 0. The van der Waals surface area contributed by atoms with Gasteiger partial charge in [-0.05, 0) is 0 Å². The molecular formula is C10H8N2O4. The second-order valence-corrected chi connectivity index (χ2v) is 3.87. The van der Waals surface area contributed by atoms with Crippen LogP contribution in [-0.4, -0.2) is 27.8 Å². The minimum absolute atomic E-state index is 0.194. The van der Waals surface area contributed by atoms with E-state index in [4.69, 9.17) is 0 Å². The minimum Gasteiger partial charge on any atom is -0.363 e. The number of Topliss-reactive ketones (excluding diaryl/α,β-unsaturated/α-hetero) is 1. The van der Waals surface area contributed by atoms with E-state index in [1.165, 1.54) is 12.1 Å². The minimum atomic E-state index is -2.31. The van der Waals surface area contributed by atoms with Gasteiger partial charge in [-0.1, -0.05) is 24.3 Å². The van der Waals surface area contributed by atoms with Crippen molar-refractivity contribution in [3.8, 4) is 0 Å². The van der Waals surface area contributed by atoms with E-state index in [2.05, 4.69) is 5.32 Å². The molecule has 4 N–H and O–H groups in total. The van der Waals surface area contributed by atoms with Gasteiger partial charge in [-0.2, -0.15) is 0 Å². The number of rotatable bonds is 0. The molecule has 3 rings (SSSR count). The average Bonchev–Trinajstić information content (AvgIpc) is 2.57. The second kappa shape index (κ2) is 2.42. The number of ketones is 1. The lowest BCUT2D eigenvalue weighted by Crippen LogP contribution is -2.58. The maximum absolute atomic E-state index is 11.9.